The Morgan fingerprint density at radius 2 is 1.74 bits per heavy atom. The van der Waals surface area contributed by atoms with Gasteiger partial charge < -0.3 is 14.8 Å². The van der Waals surface area contributed by atoms with Crippen LogP contribution in [-0.4, -0.2) is 34.9 Å². The van der Waals surface area contributed by atoms with Gasteiger partial charge in [-0.2, -0.15) is 0 Å². The molecule has 0 fully saturated rings. The molecule has 0 spiro atoms. The average Bonchev–Trinajstić information content (AvgIpc) is 3.19. The highest BCUT2D eigenvalue weighted by Crippen LogP contribution is 2.25. The third-order valence-corrected chi connectivity index (χ3v) is 4.67. The second-order valence-electron chi connectivity index (χ2n) is 5.98. The number of rotatable bonds is 5. The smallest absolute Gasteiger partial charge is 0.254 e. The third-order valence-electron chi connectivity index (χ3n) is 3.93. The van der Waals surface area contributed by atoms with Crippen LogP contribution in [0.15, 0.2) is 67.0 Å². The minimum Gasteiger partial charge on any atom is -0.332 e. The zero-order valence-corrected chi connectivity index (χ0v) is 16.0. The molecule has 0 aliphatic carbocycles. The normalized spacial score (nSPS) is 10.5. The number of aromatic nitrogens is 1. The molecule has 2 amide bonds. The molecule has 1 heterocycles. The van der Waals surface area contributed by atoms with Gasteiger partial charge in [0.05, 0.1) is 16.6 Å². The number of nitrogens with zero attached hydrogens (tertiary/aromatic N) is 2. The van der Waals surface area contributed by atoms with E-state index in [1.165, 1.54) is 4.90 Å². The minimum absolute atomic E-state index is 0.0905. The van der Waals surface area contributed by atoms with Crippen LogP contribution in [-0.2, 0) is 4.79 Å². The van der Waals surface area contributed by atoms with E-state index in [9.17, 15) is 9.59 Å². The fraction of sp³-hybridized carbons (Fsp3) is 0.100. The molecule has 5 nitrogen and oxygen atoms in total. The maximum absolute atomic E-state index is 12.7. The van der Waals surface area contributed by atoms with Gasteiger partial charge in [0.1, 0.15) is 0 Å². The molecule has 0 saturated carbocycles. The average molecular weight is 402 g/mol. The zero-order valence-electron chi connectivity index (χ0n) is 14.5. The zero-order chi connectivity index (χ0) is 19.4. The van der Waals surface area contributed by atoms with E-state index in [4.69, 9.17) is 23.2 Å². The Morgan fingerprint density at radius 3 is 2.44 bits per heavy atom. The number of carbonyl (C=O) groups is 2. The van der Waals surface area contributed by atoms with E-state index in [0.29, 0.717) is 21.3 Å². The fourth-order valence-electron chi connectivity index (χ4n) is 2.59. The van der Waals surface area contributed by atoms with Gasteiger partial charge in [-0.1, -0.05) is 29.3 Å². The van der Waals surface area contributed by atoms with Gasteiger partial charge in [-0.15, -0.1) is 0 Å². The van der Waals surface area contributed by atoms with E-state index in [-0.39, 0.29) is 18.4 Å². The van der Waals surface area contributed by atoms with Gasteiger partial charge in [0, 0.05) is 36.4 Å². The van der Waals surface area contributed by atoms with Gasteiger partial charge in [-0.05, 0) is 48.5 Å². The molecule has 1 N–H and O–H groups in total. The Morgan fingerprint density at radius 1 is 1.00 bits per heavy atom. The first-order chi connectivity index (χ1) is 12.9. The number of nitrogens with one attached hydrogen (secondary N) is 1. The predicted octanol–water partition coefficient (Wildman–Crippen LogP) is 4.49. The molecule has 27 heavy (non-hydrogen) atoms. The molecule has 3 aromatic rings. The highest BCUT2D eigenvalue weighted by Gasteiger charge is 2.16. The summed E-state index contributed by atoms with van der Waals surface area (Å²) in [5.41, 5.74) is 1.90. The van der Waals surface area contributed by atoms with Crippen molar-refractivity contribution in [3.05, 3.63) is 82.6 Å². The first-order valence-electron chi connectivity index (χ1n) is 8.18. The highest BCUT2D eigenvalue weighted by atomic mass is 35.5. The van der Waals surface area contributed by atoms with Crippen LogP contribution in [0.3, 0.4) is 0 Å². The molecule has 7 heteroatoms. The summed E-state index contributed by atoms with van der Waals surface area (Å²) in [5.74, 6) is -0.570. The molecule has 0 aliphatic rings. The van der Waals surface area contributed by atoms with Gasteiger partial charge >= 0.3 is 0 Å². The van der Waals surface area contributed by atoms with Crippen LogP contribution in [0.5, 0.6) is 0 Å². The topological polar surface area (TPSA) is 54.3 Å². The lowest BCUT2D eigenvalue weighted by Crippen LogP contribution is -2.35. The molecule has 3 rings (SSSR count). The van der Waals surface area contributed by atoms with Gasteiger partial charge in [-0.3, -0.25) is 9.59 Å². The quantitative estimate of drug-likeness (QED) is 0.684. The first kappa shape index (κ1) is 19.0. The second-order valence-corrected chi connectivity index (χ2v) is 6.79. The number of hydrogen-bond donors (Lipinski definition) is 1. The van der Waals surface area contributed by atoms with E-state index in [0.717, 1.165) is 5.69 Å². The standard InChI is InChI=1S/C20H17Cl2N3O2/c1-24(13-19(26)23-15-7-8-17(21)18(22)12-15)20(27)14-5-4-6-16(11-14)25-9-2-3-10-25/h2-12H,13H2,1H3,(H,23,26). The van der Waals surface area contributed by atoms with Crippen molar-refractivity contribution in [2.45, 2.75) is 0 Å². The number of hydrogen-bond acceptors (Lipinski definition) is 2. The number of carbonyl (C=O) groups excluding carboxylic acids is 2. The van der Waals surface area contributed by atoms with Crippen LogP contribution < -0.4 is 5.32 Å². The summed E-state index contributed by atoms with van der Waals surface area (Å²) in [6.07, 6.45) is 3.80. The van der Waals surface area contributed by atoms with Crippen LogP contribution >= 0.6 is 23.2 Å². The molecule has 0 aliphatic heterocycles. The molecule has 0 unspecified atom stereocenters. The summed E-state index contributed by atoms with van der Waals surface area (Å²) >= 11 is 11.8. The van der Waals surface area contributed by atoms with Crippen LogP contribution in [0.2, 0.25) is 10.0 Å². The second kappa shape index (κ2) is 8.29. The SMILES string of the molecule is CN(CC(=O)Nc1ccc(Cl)c(Cl)c1)C(=O)c1cccc(-n2cccc2)c1. The van der Waals surface area contributed by atoms with Crippen LogP contribution in [0.4, 0.5) is 5.69 Å². The van der Waals surface area contributed by atoms with Crippen molar-refractivity contribution in [3.63, 3.8) is 0 Å². The lowest BCUT2D eigenvalue weighted by Gasteiger charge is -2.17. The molecule has 0 saturated heterocycles. The molecule has 0 bridgehead atoms. The van der Waals surface area contributed by atoms with Gasteiger partial charge in [-0.25, -0.2) is 0 Å². The third kappa shape index (κ3) is 4.70. The lowest BCUT2D eigenvalue weighted by atomic mass is 10.1. The van der Waals surface area contributed by atoms with E-state index >= 15 is 0 Å². The summed E-state index contributed by atoms with van der Waals surface area (Å²) in [4.78, 5) is 26.2. The maximum atomic E-state index is 12.7. The van der Waals surface area contributed by atoms with Crippen molar-refractivity contribution in [1.29, 1.82) is 0 Å². The summed E-state index contributed by atoms with van der Waals surface area (Å²) in [5, 5.41) is 3.46. The van der Waals surface area contributed by atoms with Crippen molar-refractivity contribution >= 4 is 40.7 Å². The summed E-state index contributed by atoms with van der Waals surface area (Å²) in [6, 6.07) is 15.9. The number of benzene rings is 2. The molecule has 0 atom stereocenters. The number of likely N-dealkylation sites (N-methyl/N-ethyl adjacent to an activating group) is 1. The first-order valence-corrected chi connectivity index (χ1v) is 8.93. The van der Waals surface area contributed by atoms with Crippen LogP contribution in [0, 0.1) is 0 Å². The van der Waals surface area contributed by atoms with Crippen molar-refractivity contribution in [1.82, 2.24) is 9.47 Å². The minimum atomic E-state index is -0.328. The Balaban J connectivity index is 1.66. The van der Waals surface area contributed by atoms with Gasteiger partial charge in [0.2, 0.25) is 5.91 Å². The predicted molar refractivity (Wildman–Crippen MR) is 108 cm³/mol. The fourth-order valence-corrected chi connectivity index (χ4v) is 2.89. The number of amides is 2. The number of anilines is 1. The number of halogens is 2. The molecule has 2 aromatic carbocycles. The van der Waals surface area contributed by atoms with E-state index in [1.54, 1.807) is 37.4 Å². The van der Waals surface area contributed by atoms with Crippen LogP contribution in [0.1, 0.15) is 10.4 Å². The Kier molecular flexibility index (Phi) is 5.84. The molecular weight excluding hydrogens is 385 g/mol. The van der Waals surface area contributed by atoms with E-state index in [1.807, 2.05) is 41.2 Å². The molecule has 138 valence electrons. The Hall–Kier alpha value is -2.76. The van der Waals surface area contributed by atoms with Crippen LogP contribution in [0.25, 0.3) is 5.69 Å². The Bertz CT molecular complexity index is 971. The van der Waals surface area contributed by atoms with E-state index in [2.05, 4.69) is 5.32 Å². The van der Waals surface area contributed by atoms with Crippen molar-refractivity contribution in [2.24, 2.45) is 0 Å². The molecule has 1 aromatic heterocycles. The largest absolute Gasteiger partial charge is 0.332 e. The Labute approximate surface area is 167 Å². The monoisotopic (exact) mass is 401 g/mol. The summed E-state index contributed by atoms with van der Waals surface area (Å²) < 4.78 is 1.91. The van der Waals surface area contributed by atoms with Crippen molar-refractivity contribution in [3.8, 4) is 5.69 Å². The highest BCUT2D eigenvalue weighted by molar-refractivity contribution is 6.42. The molecular formula is C20H17Cl2N3O2. The summed E-state index contributed by atoms with van der Waals surface area (Å²) in [7, 11) is 1.58. The van der Waals surface area contributed by atoms with Gasteiger partial charge in [0.25, 0.3) is 5.91 Å². The van der Waals surface area contributed by atoms with Gasteiger partial charge in [0.15, 0.2) is 0 Å². The van der Waals surface area contributed by atoms with Crippen molar-refractivity contribution in [2.75, 3.05) is 18.9 Å². The van der Waals surface area contributed by atoms with E-state index < -0.39 is 0 Å². The van der Waals surface area contributed by atoms with Crippen molar-refractivity contribution < 1.29 is 9.59 Å². The maximum Gasteiger partial charge on any atom is 0.254 e. The lowest BCUT2D eigenvalue weighted by molar-refractivity contribution is -0.116. The summed E-state index contributed by atoms with van der Waals surface area (Å²) in [6.45, 7) is -0.0905. The molecule has 0 radical (unpaired) electrons.